The number of aliphatic imine (C=N–C) groups is 1. The molecule has 0 fully saturated rings. The van der Waals surface area contributed by atoms with Gasteiger partial charge >= 0.3 is 0 Å². The molecule has 9 heteroatoms. The highest BCUT2D eigenvalue weighted by Crippen LogP contribution is 2.01. The highest BCUT2D eigenvalue weighted by atomic mass is 32.2. The molecular weight excluding hydrogens is 344 g/mol. The number of nitrogens with one attached hydrogen (secondary N) is 2. The van der Waals surface area contributed by atoms with Crippen LogP contribution in [-0.4, -0.2) is 64.3 Å². The van der Waals surface area contributed by atoms with Crippen LogP contribution in [0.3, 0.4) is 0 Å². The normalized spacial score (nSPS) is 12.6. The molecule has 0 aromatic carbocycles. The number of nitrogens with zero attached hydrogens (tertiary/aromatic N) is 2. The molecule has 8 nitrogen and oxygen atoms in total. The third-order valence-corrected chi connectivity index (χ3v) is 5.58. The van der Waals surface area contributed by atoms with Crippen molar-refractivity contribution in [3.8, 4) is 0 Å². The molecule has 0 bridgehead atoms. The minimum atomic E-state index is -3.22. The quantitative estimate of drug-likeness (QED) is 0.322. The van der Waals surface area contributed by atoms with E-state index in [1.165, 1.54) is 4.31 Å². The van der Waals surface area contributed by atoms with E-state index in [0.717, 1.165) is 12.2 Å². The maximum Gasteiger partial charge on any atom is 0.215 e. The van der Waals surface area contributed by atoms with Crippen molar-refractivity contribution in [1.82, 2.24) is 14.9 Å². The number of guanidine groups is 1. The van der Waals surface area contributed by atoms with Gasteiger partial charge in [0.2, 0.25) is 10.0 Å². The van der Waals surface area contributed by atoms with Crippen molar-refractivity contribution in [1.29, 1.82) is 0 Å². The predicted molar refractivity (Wildman–Crippen MR) is 99.1 cm³/mol. The summed E-state index contributed by atoms with van der Waals surface area (Å²) < 4.78 is 36.3. The molecule has 1 heterocycles. The van der Waals surface area contributed by atoms with E-state index in [2.05, 4.69) is 15.6 Å². The van der Waals surface area contributed by atoms with Crippen molar-refractivity contribution < 1.29 is 17.6 Å². The van der Waals surface area contributed by atoms with Crippen LogP contribution in [0.15, 0.2) is 27.8 Å². The zero-order chi connectivity index (χ0) is 18.5. The molecule has 144 valence electrons. The molecule has 0 aliphatic rings. The smallest absolute Gasteiger partial charge is 0.215 e. The van der Waals surface area contributed by atoms with Gasteiger partial charge in [-0.1, -0.05) is 13.8 Å². The Morgan fingerprint density at radius 1 is 1.28 bits per heavy atom. The minimum Gasteiger partial charge on any atom is -0.467 e. The third kappa shape index (κ3) is 8.37. The van der Waals surface area contributed by atoms with E-state index in [0.29, 0.717) is 45.4 Å². The average molecular weight is 375 g/mol. The van der Waals surface area contributed by atoms with Crippen LogP contribution < -0.4 is 10.6 Å². The molecule has 1 aromatic heterocycles. The second kappa shape index (κ2) is 11.9. The average Bonchev–Trinajstić information content (AvgIpc) is 3.10. The highest BCUT2D eigenvalue weighted by molar-refractivity contribution is 7.89. The van der Waals surface area contributed by atoms with Crippen LogP contribution in [0.2, 0.25) is 0 Å². The SMILES string of the molecule is CCN(CC)S(=O)(=O)CCNC(=NC)NCCCOCc1ccco1. The van der Waals surface area contributed by atoms with Gasteiger partial charge in [-0.05, 0) is 18.6 Å². The summed E-state index contributed by atoms with van der Waals surface area (Å²) >= 11 is 0. The Morgan fingerprint density at radius 2 is 2.00 bits per heavy atom. The lowest BCUT2D eigenvalue weighted by molar-refractivity contribution is 0.105. The van der Waals surface area contributed by atoms with Gasteiger partial charge in [0.1, 0.15) is 12.4 Å². The van der Waals surface area contributed by atoms with Crippen LogP contribution in [0.4, 0.5) is 0 Å². The summed E-state index contributed by atoms with van der Waals surface area (Å²) in [5, 5.41) is 6.15. The monoisotopic (exact) mass is 374 g/mol. The lowest BCUT2D eigenvalue weighted by Crippen LogP contribution is -2.42. The first kappa shape index (κ1) is 21.5. The summed E-state index contributed by atoms with van der Waals surface area (Å²) in [5.41, 5.74) is 0. The van der Waals surface area contributed by atoms with Crippen LogP contribution in [0.5, 0.6) is 0 Å². The second-order valence-electron chi connectivity index (χ2n) is 5.31. The molecule has 0 saturated carbocycles. The van der Waals surface area contributed by atoms with E-state index in [4.69, 9.17) is 9.15 Å². The maximum absolute atomic E-state index is 12.1. The molecule has 0 spiro atoms. The van der Waals surface area contributed by atoms with Gasteiger partial charge in [0.25, 0.3) is 0 Å². The number of hydrogen-bond acceptors (Lipinski definition) is 5. The Morgan fingerprint density at radius 3 is 2.60 bits per heavy atom. The number of hydrogen-bond donors (Lipinski definition) is 2. The standard InChI is InChI=1S/C16H30N4O4S/c1-4-20(5-2)25(21,22)13-10-19-16(17-3)18-9-7-11-23-14-15-8-6-12-24-15/h6,8,12H,4-5,7,9-11,13-14H2,1-3H3,(H2,17,18,19). The zero-order valence-electron chi connectivity index (χ0n) is 15.3. The van der Waals surface area contributed by atoms with Crippen LogP contribution in [-0.2, 0) is 21.4 Å². The Bertz CT molecular complexity index is 583. The highest BCUT2D eigenvalue weighted by Gasteiger charge is 2.18. The molecule has 25 heavy (non-hydrogen) atoms. The Labute approximate surface area is 150 Å². The number of ether oxygens (including phenoxy) is 1. The van der Waals surface area contributed by atoms with Crippen LogP contribution in [0.25, 0.3) is 0 Å². The van der Waals surface area contributed by atoms with Crippen molar-refractivity contribution in [3.63, 3.8) is 0 Å². The van der Waals surface area contributed by atoms with E-state index in [9.17, 15) is 8.42 Å². The van der Waals surface area contributed by atoms with Gasteiger partial charge < -0.3 is 19.8 Å². The lowest BCUT2D eigenvalue weighted by Gasteiger charge is -2.19. The maximum atomic E-state index is 12.1. The molecule has 2 N–H and O–H groups in total. The zero-order valence-corrected chi connectivity index (χ0v) is 16.1. The molecule has 0 amide bonds. The fraction of sp³-hybridized carbons (Fsp3) is 0.688. The molecule has 1 rings (SSSR count). The van der Waals surface area contributed by atoms with Gasteiger partial charge in [-0.2, -0.15) is 0 Å². The Kier molecular flexibility index (Phi) is 10.2. The Hall–Kier alpha value is -1.58. The van der Waals surface area contributed by atoms with E-state index < -0.39 is 10.0 Å². The first-order valence-electron chi connectivity index (χ1n) is 8.56. The molecule has 0 unspecified atom stereocenters. The topological polar surface area (TPSA) is 96.2 Å². The minimum absolute atomic E-state index is 0.0433. The summed E-state index contributed by atoms with van der Waals surface area (Å²) in [7, 11) is -1.57. The fourth-order valence-corrected chi connectivity index (χ4v) is 3.62. The summed E-state index contributed by atoms with van der Waals surface area (Å²) in [6.07, 6.45) is 2.43. The summed E-state index contributed by atoms with van der Waals surface area (Å²) in [5.74, 6) is 1.43. The van der Waals surface area contributed by atoms with Gasteiger partial charge in [0, 0.05) is 39.8 Å². The predicted octanol–water partition coefficient (Wildman–Crippen LogP) is 1.02. The van der Waals surface area contributed by atoms with Gasteiger partial charge in [-0.25, -0.2) is 12.7 Å². The van der Waals surface area contributed by atoms with Crippen molar-refractivity contribution in [2.45, 2.75) is 26.9 Å². The van der Waals surface area contributed by atoms with Crippen molar-refractivity contribution >= 4 is 16.0 Å². The third-order valence-electron chi connectivity index (χ3n) is 3.56. The fourth-order valence-electron chi connectivity index (χ4n) is 2.21. The Balaban J connectivity index is 2.15. The van der Waals surface area contributed by atoms with Crippen LogP contribution in [0, 0.1) is 0 Å². The molecule has 0 atom stereocenters. The van der Waals surface area contributed by atoms with E-state index in [1.54, 1.807) is 13.3 Å². The van der Waals surface area contributed by atoms with Crippen molar-refractivity contribution in [3.05, 3.63) is 24.2 Å². The number of rotatable bonds is 12. The molecular formula is C16H30N4O4S. The lowest BCUT2D eigenvalue weighted by atomic mass is 10.4. The summed E-state index contributed by atoms with van der Waals surface area (Å²) in [6.45, 7) is 6.71. The van der Waals surface area contributed by atoms with Crippen molar-refractivity contribution in [2.24, 2.45) is 4.99 Å². The van der Waals surface area contributed by atoms with Crippen LogP contribution in [0.1, 0.15) is 26.0 Å². The molecule has 0 aliphatic heterocycles. The van der Waals surface area contributed by atoms with Gasteiger partial charge in [-0.15, -0.1) is 0 Å². The van der Waals surface area contributed by atoms with Gasteiger partial charge in [0.15, 0.2) is 5.96 Å². The first-order valence-corrected chi connectivity index (χ1v) is 10.2. The number of sulfonamides is 1. The number of furan rings is 1. The largest absolute Gasteiger partial charge is 0.467 e. The van der Waals surface area contributed by atoms with Crippen molar-refractivity contribution in [2.75, 3.05) is 45.6 Å². The summed E-state index contributed by atoms with van der Waals surface area (Å²) in [6, 6.07) is 3.70. The van der Waals surface area contributed by atoms with Crippen LogP contribution >= 0.6 is 0 Å². The molecule has 1 aromatic rings. The second-order valence-corrected chi connectivity index (χ2v) is 7.40. The van der Waals surface area contributed by atoms with Gasteiger partial charge in [0.05, 0.1) is 12.0 Å². The summed E-state index contributed by atoms with van der Waals surface area (Å²) in [4.78, 5) is 4.08. The van der Waals surface area contributed by atoms with E-state index in [-0.39, 0.29) is 5.75 Å². The first-order chi connectivity index (χ1) is 12.0. The molecule has 0 aliphatic carbocycles. The van der Waals surface area contributed by atoms with E-state index >= 15 is 0 Å². The van der Waals surface area contributed by atoms with E-state index in [1.807, 2.05) is 26.0 Å². The molecule has 0 radical (unpaired) electrons. The van der Waals surface area contributed by atoms with Gasteiger partial charge in [-0.3, -0.25) is 4.99 Å². The molecule has 0 saturated heterocycles.